The quantitative estimate of drug-likeness (QED) is 0.707. The number of nitrogens with zero attached hydrogens (tertiary/aromatic N) is 1. The van der Waals surface area contributed by atoms with Gasteiger partial charge in [0.2, 0.25) is 0 Å². The van der Waals surface area contributed by atoms with Crippen molar-refractivity contribution in [2.75, 3.05) is 14.2 Å². The SMILES string of the molecule is C=NC(=C)c1c(C)cc(OC)cc1OC. The molecule has 3 nitrogen and oxygen atoms in total. The fourth-order valence-electron chi connectivity index (χ4n) is 1.45. The van der Waals surface area contributed by atoms with E-state index in [0.717, 1.165) is 16.9 Å². The van der Waals surface area contributed by atoms with E-state index >= 15 is 0 Å². The molecule has 1 aromatic rings. The fraction of sp³-hybridized carbons (Fsp3) is 0.250. The highest BCUT2D eigenvalue weighted by Gasteiger charge is 2.11. The zero-order chi connectivity index (χ0) is 11.4. The van der Waals surface area contributed by atoms with Crippen molar-refractivity contribution in [1.29, 1.82) is 0 Å². The van der Waals surface area contributed by atoms with Gasteiger partial charge in [0, 0.05) is 11.6 Å². The monoisotopic (exact) mass is 205 g/mol. The van der Waals surface area contributed by atoms with Crippen molar-refractivity contribution >= 4 is 12.4 Å². The Morgan fingerprint density at radius 3 is 2.40 bits per heavy atom. The molecule has 80 valence electrons. The zero-order valence-electron chi connectivity index (χ0n) is 9.33. The molecule has 0 heterocycles. The second kappa shape index (κ2) is 4.64. The van der Waals surface area contributed by atoms with E-state index < -0.39 is 0 Å². The molecule has 0 spiro atoms. The summed E-state index contributed by atoms with van der Waals surface area (Å²) in [6.07, 6.45) is 0. The Balaban J connectivity index is 3.36. The lowest BCUT2D eigenvalue weighted by Crippen LogP contribution is -1.95. The van der Waals surface area contributed by atoms with Crippen LogP contribution in [0, 0.1) is 6.92 Å². The van der Waals surface area contributed by atoms with Crippen molar-refractivity contribution < 1.29 is 9.47 Å². The number of aryl methyl sites for hydroxylation is 1. The highest BCUT2D eigenvalue weighted by molar-refractivity contribution is 5.74. The first-order valence-corrected chi connectivity index (χ1v) is 4.52. The minimum Gasteiger partial charge on any atom is -0.497 e. The van der Waals surface area contributed by atoms with E-state index in [1.165, 1.54) is 0 Å². The highest BCUT2D eigenvalue weighted by atomic mass is 16.5. The van der Waals surface area contributed by atoms with E-state index in [4.69, 9.17) is 9.47 Å². The summed E-state index contributed by atoms with van der Waals surface area (Å²) in [6, 6.07) is 3.72. The molecule has 0 fully saturated rings. The number of methoxy groups -OCH3 is 2. The molecule has 0 atom stereocenters. The van der Waals surface area contributed by atoms with Gasteiger partial charge in [0.15, 0.2) is 0 Å². The van der Waals surface area contributed by atoms with Crippen LogP contribution in [0.25, 0.3) is 5.70 Å². The highest BCUT2D eigenvalue weighted by Crippen LogP contribution is 2.33. The number of aliphatic imine (C=N–C) groups is 1. The molecular formula is C12H15NO2. The molecule has 0 saturated carbocycles. The number of benzene rings is 1. The topological polar surface area (TPSA) is 30.8 Å². The van der Waals surface area contributed by atoms with Gasteiger partial charge in [-0.15, -0.1) is 0 Å². The number of ether oxygens (including phenoxy) is 2. The lowest BCUT2D eigenvalue weighted by molar-refractivity contribution is 0.393. The van der Waals surface area contributed by atoms with Crippen molar-refractivity contribution in [1.82, 2.24) is 0 Å². The summed E-state index contributed by atoms with van der Waals surface area (Å²) in [6.45, 7) is 9.23. The van der Waals surface area contributed by atoms with Gasteiger partial charge in [0.1, 0.15) is 11.5 Å². The third-order valence-corrected chi connectivity index (χ3v) is 2.21. The average Bonchev–Trinajstić information content (AvgIpc) is 2.26. The largest absolute Gasteiger partial charge is 0.497 e. The van der Waals surface area contributed by atoms with Crippen molar-refractivity contribution in [2.24, 2.45) is 4.99 Å². The molecule has 0 saturated heterocycles. The molecule has 0 aromatic heterocycles. The molecule has 1 rings (SSSR count). The van der Waals surface area contributed by atoms with Crippen LogP contribution in [-0.2, 0) is 0 Å². The Kier molecular flexibility index (Phi) is 3.50. The lowest BCUT2D eigenvalue weighted by atomic mass is 10.0. The lowest BCUT2D eigenvalue weighted by Gasteiger charge is -2.13. The summed E-state index contributed by atoms with van der Waals surface area (Å²) in [5.74, 6) is 1.45. The average molecular weight is 205 g/mol. The van der Waals surface area contributed by atoms with Crippen LogP contribution in [0.15, 0.2) is 23.7 Å². The molecule has 0 amide bonds. The smallest absolute Gasteiger partial charge is 0.132 e. The van der Waals surface area contributed by atoms with Crippen LogP contribution in [0.1, 0.15) is 11.1 Å². The second-order valence-electron chi connectivity index (χ2n) is 3.13. The third kappa shape index (κ3) is 2.18. The number of hydrogen-bond donors (Lipinski definition) is 0. The minimum absolute atomic E-state index is 0.604. The molecule has 0 aliphatic rings. The van der Waals surface area contributed by atoms with Gasteiger partial charge in [-0.1, -0.05) is 6.58 Å². The van der Waals surface area contributed by atoms with Crippen LogP contribution in [0.4, 0.5) is 0 Å². The van der Waals surface area contributed by atoms with Crippen molar-refractivity contribution in [3.63, 3.8) is 0 Å². The molecule has 0 N–H and O–H groups in total. The van der Waals surface area contributed by atoms with Crippen molar-refractivity contribution in [2.45, 2.75) is 6.92 Å². The summed E-state index contributed by atoms with van der Waals surface area (Å²) < 4.78 is 10.4. The molecule has 0 unspecified atom stereocenters. The van der Waals surface area contributed by atoms with Crippen molar-refractivity contribution in [3.05, 3.63) is 29.8 Å². The predicted molar refractivity (Wildman–Crippen MR) is 62.9 cm³/mol. The Labute approximate surface area is 90.1 Å². The second-order valence-corrected chi connectivity index (χ2v) is 3.13. The molecule has 0 aliphatic carbocycles. The summed E-state index contributed by atoms with van der Waals surface area (Å²) in [4.78, 5) is 3.82. The van der Waals surface area contributed by atoms with Gasteiger partial charge < -0.3 is 9.47 Å². The van der Waals surface area contributed by atoms with E-state index in [9.17, 15) is 0 Å². The third-order valence-electron chi connectivity index (χ3n) is 2.21. The Morgan fingerprint density at radius 2 is 1.93 bits per heavy atom. The van der Waals surface area contributed by atoms with Gasteiger partial charge in [0.25, 0.3) is 0 Å². The molecule has 0 bridgehead atoms. The standard InChI is InChI=1S/C12H15NO2/c1-8-6-10(14-4)7-11(15-5)12(8)9(2)13-3/h6-7H,2-3H2,1,4-5H3. The molecule has 0 radical (unpaired) electrons. The summed E-state index contributed by atoms with van der Waals surface area (Å²) >= 11 is 0. The van der Waals surface area contributed by atoms with Crippen LogP contribution in [-0.4, -0.2) is 20.9 Å². The van der Waals surface area contributed by atoms with Gasteiger partial charge >= 0.3 is 0 Å². The minimum atomic E-state index is 0.604. The fourth-order valence-corrected chi connectivity index (χ4v) is 1.45. The summed E-state index contributed by atoms with van der Waals surface area (Å²) in [5.41, 5.74) is 2.48. The first kappa shape index (κ1) is 11.3. The Morgan fingerprint density at radius 1 is 1.27 bits per heavy atom. The van der Waals surface area contributed by atoms with Crippen LogP contribution in [0.2, 0.25) is 0 Å². The zero-order valence-corrected chi connectivity index (χ0v) is 9.33. The van der Waals surface area contributed by atoms with E-state index in [0.29, 0.717) is 11.4 Å². The first-order chi connectivity index (χ1) is 7.13. The molecule has 0 aliphatic heterocycles. The number of hydrogen-bond acceptors (Lipinski definition) is 3. The van der Waals surface area contributed by atoms with Gasteiger partial charge in [0.05, 0.1) is 19.9 Å². The molecular weight excluding hydrogens is 190 g/mol. The van der Waals surface area contributed by atoms with Crippen LogP contribution in [0.5, 0.6) is 11.5 Å². The van der Waals surface area contributed by atoms with Gasteiger partial charge in [-0.25, -0.2) is 0 Å². The van der Waals surface area contributed by atoms with Gasteiger partial charge in [-0.2, -0.15) is 0 Å². The first-order valence-electron chi connectivity index (χ1n) is 4.52. The Bertz CT molecular complexity index is 397. The van der Waals surface area contributed by atoms with Crippen molar-refractivity contribution in [3.8, 4) is 11.5 Å². The molecule has 3 heteroatoms. The normalized spacial score (nSPS) is 9.53. The van der Waals surface area contributed by atoms with Crippen LogP contribution < -0.4 is 9.47 Å². The molecule has 15 heavy (non-hydrogen) atoms. The van der Waals surface area contributed by atoms with Gasteiger partial charge in [-0.3, -0.25) is 4.99 Å². The summed E-state index contributed by atoms with van der Waals surface area (Å²) in [5, 5.41) is 0. The summed E-state index contributed by atoms with van der Waals surface area (Å²) in [7, 11) is 3.22. The maximum absolute atomic E-state index is 5.26. The van der Waals surface area contributed by atoms with Gasteiger partial charge in [-0.05, 0) is 25.3 Å². The maximum Gasteiger partial charge on any atom is 0.132 e. The number of rotatable bonds is 4. The van der Waals surface area contributed by atoms with Crippen LogP contribution >= 0.6 is 0 Å². The Hall–Kier alpha value is -1.77. The van der Waals surface area contributed by atoms with E-state index in [-0.39, 0.29) is 0 Å². The maximum atomic E-state index is 5.26. The van der Waals surface area contributed by atoms with E-state index in [1.54, 1.807) is 20.3 Å². The van der Waals surface area contributed by atoms with Crippen LogP contribution in [0.3, 0.4) is 0 Å². The molecule has 1 aromatic carbocycles. The van der Waals surface area contributed by atoms with E-state index in [2.05, 4.69) is 18.3 Å². The predicted octanol–water partition coefficient (Wildman–Crippen LogP) is 2.68. The van der Waals surface area contributed by atoms with E-state index in [1.807, 2.05) is 13.0 Å².